The van der Waals surface area contributed by atoms with E-state index in [1.807, 2.05) is 37.3 Å². The molecule has 0 bridgehead atoms. The molecule has 1 saturated heterocycles. The number of hydrogen-bond donors (Lipinski definition) is 2. The Morgan fingerprint density at radius 2 is 1.92 bits per heavy atom. The van der Waals surface area contributed by atoms with E-state index in [1.54, 1.807) is 25.3 Å². The third-order valence-corrected chi connectivity index (χ3v) is 8.13. The minimum absolute atomic E-state index is 0.0190. The van der Waals surface area contributed by atoms with E-state index in [0.717, 1.165) is 71.3 Å². The SMILES string of the molecule is C/C=C1/CC(C(C)=O)(c2cccnc2N)C/C1=C/C(=N)C[N+](=O)CCCN1CCN(c2cccc(Cl)c2)CC1. The standard InChI is InChI=1S/C30H38ClN6O2/c1-3-23-19-30(22(2)38,28-9-5-10-34-29(28)33)20-24(23)17-26(32)21-37(39)12-6-11-35-13-15-36(16-14-35)27-8-4-7-25(31)18-27/h3-5,7-10,17-18,32H,6,11-16,19-21H2,1-2H3,(H2,33,34)/q+1/b23-3-,24-17-,32-26?. The van der Waals surface area contributed by atoms with Crippen molar-refractivity contribution < 1.29 is 9.55 Å². The number of Topliss-reactive ketones (excluding diaryl/α,β-unsaturated/α-hetero) is 1. The predicted molar refractivity (Wildman–Crippen MR) is 158 cm³/mol. The van der Waals surface area contributed by atoms with Crippen LogP contribution in [0.4, 0.5) is 11.5 Å². The molecule has 206 valence electrons. The lowest BCUT2D eigenvalue weighted by atomic mass is 9.75. The van der Waals surface area contributed by atoms with E-state index in [4.69, 9.17) is 22.7 Å². The average Bonchev–Trinajstić information content (AvgIpc) is 3.28. The van der Waals surface area contributed by atoms with E-state index >= 15 is 0 Å². The quantitative estimate of drug-likeness (QED) is 0.325. The van der Waals surface area contributed by atoms with Crippen molar-refractivity contribution in [1.82, 2.24) is 9.88 Å². The predicted octanol–water partition coefficient (Wildman–Crippen LogP) is 4.82. The summed E-state index contributed by atoms with van der Waals surface area (Å²) in [5.74, 6) is 0.381. The summed E-state index contributed by atoms with van der Waals surface area (Å²) < 4.78 is 0.962. The molecule has 39 heavy (non-hydrogen) atoms. The fraction of sp³-hybridized carbons (Fsp3) is 0.433. The average molecular weight is 550 g/mol. The van der Waals surface area contributed by atoms with E-state index in [-0.39, 0.29) is 18.0 Å². The summed E-state index contributed by atoms with van der Waals surface area (Å²) in [4.78, 5) is 34.4. The number of anilines is 2. The first-order chi connectivity index (χ1) is 18.7. The van der Waals surface area contributed by atoms with Gasteiger partial charge in [-0.25, -0.2) is 4.98 Å². The Hall–Kier alpha value is -3.36. The molecule has 2 aromatic rings. The number of nitrogens with two attached hydrogens (primary N) is 1. The zero-order valence-electron chi connectivity index (χ0n) is 22.8. The number of benzene rings is 1. The summed E-state index contributed by atoms with van der Waals surface area (Å²) in [6, 6.07) is 11.6. The van der Waals surface area contributed by atoms with Gasteiger partial charge in [-0.15, -0.1) is 0 Å². The Kier molecular flexibility index (Phi) is 9.30. The second-order valence-corrected chi connectivity index (χ2v) is 10.9. The summed E-state index contributed by atoms with van der Waals surface area (Å²) in [6.45, 7) is 8.52. The Morgan fingerprint density at radius 3 is 2.59 bits per heavy atom. The zero-order chi connectivity index (χ0) is 28.0. The Morgan fingerprint density at radius 1 is 1.18 bits per heavy atom. The van der Waals surface area contributed by atoms with Gasteiger partial charge in [0, 0.05) is 71.3 Å². The maximum Gasteiger partial charge on any atom is 0.232 e. The van der Waals surface area contributed by atoms with Gasteiger partial charge in [-0.3, -0.25) is 15.1 Å². The van der Waals surface area contributed by atoms with Gasteiger partial charge in [0.15, 0.2) is 6.54 Å². The lowest BCUT2D eigenvalue weighted by Gasteiger charge is -2.36. The van der Waals surface area contributed by atoms with E-state index < -0.39 is 5.41 Å². The third-order valence-electron chi connectivity index (χ3n) is 7.90. The maximum absolute atomic E-state index is 12.9. The van der Waals surface area contributed by atoms with Gasteiger partial charge in [0.2, 0.25) is 6.54 Å². The molecule has 1 aromatic heterocycles. The van der Waals surface area contributed by atoms with Crippen molar-refractivity contribution in [1.29, 1.82) is 5.41 Å². The van der Waals surface area contributed by atoms with Crippen molar-refractivity contribution >= 4 is 34.6 Å². The van der Waals surface area contributed by atoms with Crippen LogP contribution in [0.15, 0.2) is 65.9 Å². The van der Waals surface area contributed by atoms with Crippen LogP contribution in [0.5, 0.6) is 0 Å². The number of hydrogen-bond acceptors (Lipinski definition) is 7. The van der Waals surface area contributed by atoms with Crippen LogP contribution in [-0.4, -0.2) is 72.0 Å². The first kappa shape index (κ1) is 28.6. The number of halogens is 1. The Labute approximate surface area is 235 Å². The van der Waals surface area contributed by atoms with Crippen molar-refractivity contribution in [3.63, 3.8) is 0 Å². The Bertz CT molecular complexity index is 1300. The van der Waals surface area contributed by atoms with Gasteiger partial charge in [0.1, 0.15) is 17.3 Å². The molecule has 3 N–H and O–H groups in total. The van der Waals surface area contributed by atoms with Crippen LogP contribution in [0.25, 0.3) is 0 Å². The molecular formula is C30H38ClN6O2+. The van der Waals surface area contributed by atoms with E-state index in [0.29, 0.717) is 25.2 Å². The number of carbonyl (C=O) groups excluding carboxylic acids is 1. The van der Waals surface area contributed by atoms with Crippen molar-refractivity contribution in [2.24, 2.45) is 0 Å². The summed E-state index contributed by atoms with van der Waals surface area (Å²) >= 11 is 6.13. The molecule has 2 fully saturated rings. The van der Waals surface area contributed by atoms with Gasteiger partial charge in [0.05, 0.1) is 5.41 Å². The number of allylic oxidation sites excluding steroid dienone is 3. The van der Waals surface area contributed by atoms with E-state index in [2.05, 4.69) is 20.9 Å². The van der Waals surface area contributed by atoms with Gasteiger partial charge >= 0.3 is 0 Å². The molecule has 4 rings (SSSR count). The van der Waals surface area contributed by atoms with Crippen LogP contribution in [-0.2, 0) is 10.2 Å². The molecule has 1 aliphatic carbocycles. The van der Waals surface area contributed by atoms with Gasteiger partial charge in [-0.1, -0.05) is 29.8 Å². The largest absolute Gasteiger partial charge is 0.383 e. The monoisotopic (exact) mass is 549 g/mol. The molecule has 0 radical (unpaired) electrons. The summed E-state index contributed by atoms with van der Waals surface area (Å²) in [6.07, 6.45) is 7.07. The highest BCUT2D eigenvalue weighted by Crippen LogP contribution is 2.49. The third kappa shape index (κ3) is 6.81. The normalized spacial score (nSPS) is 22.0. The number of rotatable bonds is 10. The summed E-state index contributed by atoms with van der Waals surface area (Å²) in [5.41, 5.74) is 9.40. The van der Waals surface area contributed by atoms with Gasteiger partial charge in [-0.05, 0) is 68.2 Å². The van der Waals surface area contributed by atoms with E-state index in [1.165, 1.54) is 0 Å². The van der Waals surface area contributed by atoms with Crippen molar-refractivity contribution in [3.05, 3.63) is 81.4 Å². The number of carbonyl (C=O) groups is 1. The molecule has 0 amide bonds. The number of pyridine rings is 1. The smallest absolute Gasteiger partial charge is 0.232 e. The molecule has 1 aromatic carbocycles. The number of nitrogens with one attached hydrogen (secondary N) is 1. The topological polar surface area (TPSA) is 106 Å². The highest BCUT2D eigenvalue weighted by Gasteiger charge is 2.45. The highest BCUT2D eigenvalue weighted by molar-refractivity contribution is 6.30. The number of ketones is 1. The molecule has 1 aliphatic heterocycles. The van der Waals surface area contributed by atoms with Crippen molar-refractivity contribution in [2.45, 2.75) is 38.5 Å². The van der Waals surface area contributed by atoms with Crippen molar-refractivity contribution in [2.75, 3.05) is 56.4 Å². The molecule has 1 saturated carbocycles. The lowest BCUT2D eigenvalue weighted by Crippen LogP contribution is -2.46. The maximum atomic E-state index is 12.9. The molecular weight excluding hydrogens is 512 g/mol. The van der Waals surface area contributed by atoms with Gasteiger partial charge in [0.25, 0.3) is 0 Å². The fourth-order valence-electron chi connectivity index (χ4n) is 5.72. The second-order valence-electron chi connectivity index (χ2n) is 10.5. The molecule has 1 unspecified atom stereocenters. The zero-order valence-corrected chi connectivity index (χ0v) is 23.6. The van der Waals surface area contributed by atoms with E-state index in [9.17, 15) is 9.70 Å². The first-order valence-corrected chi connectivity index (χ1v) is 13.9. The summed E-state index contributed by atoms with van der Waals surface area (Å²) in [5, 5.41) is 9.24. The summed E-state index contributed by atoms with van der Waals surface area (Å²) in [7, 11) is 0. The molecule has 8 nitrogen and oxygen atoms in total. The minimum Gasteiger partial charge on any atom is -0.383 e. The second kappa shape index (κ2) is 12.7. The van der Waals surface area contributed by atoms with Gasteiger partial charge in [-0.2, -0.15) is 0 Å². The van der Waals surface area contributed by atoms with Crippen LogP contribution >= 0.6 is 11.6 Å². The number of nitroso groups, excluding NO2 is 1. The Balaban J connectivity index is 1.28. The van der Waals surface area contributed by atoms with Crippen LogP contribution in [0, 0.1) is 10.3 Å². The molecule has 2 heterocycles. The van der Waals surface area contributed by atoms with Crippen molar-refractivity contribution in [3.8, 4) is 0 Å². The van der Waals surface area contributed by atoms with Gasteiger partial charge < -0.3 is 10.6 Å². The molecule has 2 aliphatic rings. The first-order valence-electron chi connectivity index (χ1n) is 13.5. The van der Waals surface area contributed by atoms with Crippen LogP contribution in [0.1, 0.15) is 38.7 Å². The number of piperazine rings is 1. The number of nitrogens with zero attached hydrogens (tertiary/aromatic N) is 4. The molecule has 0 spiro atoms. The highest BCUT2D eigenvalue weighted by atomic mass is 35.5. The van der Waals surface area contributed by atoms with Crippen LogP contribution < -0.4 is 10.6 Å². The van der Waals surface area contributed by atoms with Crippen LogP contribution in [0.2, 0.25) is 5.02 Å². The lowest BCUT2D eigenvalue weighted by molar-refractivity contribution is -0.534. The molecule has 1 atom stereocenters. The number of aromatic nitrogens is 1. The minimum atomic E-state index is -0.791. The molecule has 9 heteroatoms. The number of nitrogen functional groups attached to an aromatic ring is 1. The van der Waals surface area contributed by atoms with Crippen LogP contribution in [0.3, 0.4) is 0 Å². The fourth-order valence-corrected chi connectivity index (χ4v) is 5.90.